The predicted molar refractivity (Wildman–Crippen MR) is 54.3 cm³/mol. The van der Waals surface area contributed by atoms with Crippen LogP contribution in [0.2, 0.25) is 0 Å². The zero-order chi connectivity index (χ0) is 9.35. The van der Waals surface area contributed by atoms with E-state index in [4.69, 9.17) is 11.6 Å². The lowest BCUT2D eigenvalue weighted by molar-refractivity contribution is 0.224. The quantitative estimate of drug-likeness (QED) is 0.615. The van der Waals surface area contributed by atoms with Gasteiger partial charge >= 0.3 is 0 Å². The summed E-state index contributed by atoms with van der Waals surface area (Å²) in [5.74, 6) is 0.534. The lowest BCUT2D eigenvalue weighted by Crippen LogP contribution is -2.47. The van der Waals surface area contributed by atoms with Gasteiger partial charge in [0.2, 0.25) is 0 Å². The summed E-state index contributed by atoms with van der Waals surface area (Å²) >= 11 is 5.93. The first-order valence-corrected chi connectivity index (χ1v) is 4.88. The minimum Gasteiger partial charge on any atom is -0.308 e. The molecule has 0 amide bonds. The van der Waals surface area contributed by atoms with Gasteiger partial charge in [-0.1, -0.05) is 45.4 Å². The maximum atomic E-state index is 5.93. The van der Waals surface area contributed by atoms with Gasteiger partial charge < -0.3 is 5.32 Å². The van der Waals surface area contributed by atoms with E-state index in [1.165, 1.54) is 0 Å². The lowest BCUT2D eigenvalue weighted by atomic mass is 9.78. The summed E-state index contributed by atoms with van der Waals surface area (Å²) < 4.78 is 0. The lowest BCUT2D eigenvalue weighted by Gasteiger charge is -2.37. The fourth-order valence-electron chi connectivity index (χ4n) is 1.93. The Kier molecular flexibility index (Phi) is 2.84. The molecule has 1 heterocycles. The summed E-state index contributed by atoms with van der Waals surface area (Å²) in [5, 5.41) is 4.41. The summed E-state index contributed by atoms with van der Waals surface area (Å²) in [4.78, 5) is 0. The predicted octanol–water partition coefficient (Wildman–Crippen LogP) is 2.76. The highest BCUT2D eigenvalue weighted by molar-refractivity contribution is 6.29. The van der Waals surface area contributed by atoms with Gasteiger partial charge in [0.1, 0.15) is 0 Å². The third-order valence-electron chi connectivity index (χ3n) is 2.39. The van der Waals surface area contributed by atoms with Crippen molar-refractivity contribution < 1.29 is 0 Å². The Balaban J connectivity index is 2.72. The number of halogens is 1. The van der Waals surface area contributed by atoms with Gasteiger partial charge in [-0.05, 0) is 11.3 Å². The molecule has 0 saturated carbocycles. The van der Waals surface area contributed by atoms with Crippen LogP contribution in [0.1, 0.15) is 27.7 Å². The van der Waals surface area contributed by atoms with Crippen molar-refractivity contribution in [1.29, 1.82) is 0 Å². The van der Waals surface area contributed by atoms with E-state index in [1.54, 1.807) is 0 Å². The van der Waals surface area contributed by atoms with Crippen LogP contribution in [0.4, 0.5) is 0 Å². The molecule has 0 aromatic rings. The Morgan fingerprint density at radius 1 is 1.50 bits per heavy atom. The van der Waals surface area contributed by atoms with E-state index in [-0.39, 0.29) is 0 Å². The summed E-state index contributed by atoms with van der Waals surface area (Å²) in [6, 6.07) is 0.542. The first-order valence-electron chi connectivity index (χ1n) is 4.51. The zero-order valence-electron chi connectivity index (χ0n) is 8.32. The van der Waals surface area contributed by atoms with Crippen molar-refractivity contribution in [2.45, 2.75) is 33.7 Å². The maximum Gasteiger partial charge on any atom is 0.0313 e. The molecule has 0 spiro atoms. The molecule has 1 rings (SSSR count). The first-order chi connectivity index (χ1) is 5.41. The van der Waals surface area contributed by atoms with E-state index >= 15 is 0 Å². The molecule has 0 bridgehead atoms. The van der Waals surface area contributed by atoms with Crippen molar-refractivity contribution >= 4 is 11.6 Å². The summed E-state index contributed by atoms with van der Waals surface area (Å²) in [6.07, 6.45) is 2.16. The fourth-order valence-corrected chi connectivity index (χ4v) is 2.20. The highest BCUT2D eigenvalue weighted by atomic mass is 35.5. The van der Waals surface area contributed by atoms with E-state index in [2.05, 4.69) is 39.1 Å². The highest BCUT2D eigenvalue weighted by Gasteiger charge is 2.30. The van der Waals surface area contributed by atoms with Crippen LogP contribution < -0.4 is 5.32 Å². The second-order valence-corrected chi connectivity index (χ2v) is 5.18. The van der Waals surface area contributed by atoms with Gasteiger partial charge in [-0.2, -0.15) is 0 Å². The molecule has 70 valence electrons. The van der Waals surface area contributed by atoms with E-state index in [1.807, 2.05) is 0 Å². The van der Waals surface area contributed by atoms with Crippen molar-refractivity contribution in [3.8, 4) is 0 Å². The van der Waals surface area contributed by atoms with Crippen LogP contribution in [-0.2, 0) is 0 Å². The SMILES string of the molecule is CC1C=C(Cl)CNC1C(C)(C)C. The molecular formula is C10H18ClN. The van der Waals surface area contributed by atoms with Crippen LogP contribution in [0.15, 0.2) is 11.1 Å². The minimum atomic E-state index is 0.313. The van der Waals surface area contributed by atoms with Crippen LogP contribution in [0, 0.1) is 11.3 Å². The molecule has 0 aromatic heterocycles. The van der Waals surface area contributed by atoms with E-state index in [0.717, 1.165) is 11.6 Å². The molecule has 0 radical (unpaired) electrons. The third-order valence-corrected chi connectivity index (χ3v) is 2.65. The van der Waals surface area contributed by atoms with Crippen LogP contribution in [-0.4, -0.2) is 12.6 Å². The smallest absolute Gasteiger partial charge is 0.0313 e. The Hall–Kier alpha value is -0.0100. The van der Waals surface area contributed by atoms with Gasteiger partial charge in [0.15, 0.2) is 0 Å². The van der Waals surface area contributed by atoms with Crippen LogP contribution in [0.5, 0.6) is 0 Å². The largest absolute Gasteiger partial charge is 0.308 e. The summed E-state index contributed by atoms with van der Waals surface area (Å²) in [7, 11) is 0. The van der Waals surface area contributed by atoms with Gasteiger partial charge in [0.25, 0.3) is 0 Å². The topological polar surface area (TPSA) is 12.0 Å². The zero-order valence-corrected chi connectivity index (χ0v) is 9.07. The minimum absolute atomic E-state index is 0.313. The first kappa shape index (κ1) is 10.1. The molecule has 2 unspecified atom stereocenters. The van der Waals surface area contributed by atoms with E-state index < -0.39 is 0 Å². The van der Waals surface area contributed by atoms with Crippen LogP contribution in [0.25, 0.3) is 0 Å². The van der Waals surface area contributed by atoms with Gasteiger partial charge in [0, 0.05) is 17.6 Å². The number of hydrogen-bond donors (Lipinski definition) is 1. The molecule has 1 aliphatic rings. The Morgan fingerprint density at radius 3 is 2.50 bits per heavy atom. The molecule has 2 atom stereocenters. The monoisotopic (exact) mass is 187 g/mol. The van der Waals surface area contributed by atoms with Crippen molar-refractivity contribution in [1.82, 2.24) is 5.32 Å². The van der Waals surface area contributed by atoms with Crippen LogP contribution >= 0.6 is 11.6 Å². The van der Waals surface area contributed by atoms with Gasteiger partial charge in [-0.25, -0.2) is 0 Å². The summed E-state index contributed by atoms with van der Waals surface area (Å²) in [6.45, 7) is 9.81. The molecule has 2 heteroatoms. The van der Waals surface area contributed by atoms with Crippen molar-refractivity contribution in [2.75, 3.05) is 6.54 Å². The highest BCUT2D eigenvalue weighted by Crippen LogP contribution is 2.29. The average molecular weight is 188 g/mol. The number of nitrogens with one attached hydrogen (secondary N) is 1. The number of rotatable bonds is 0. The average Bonchev–Trinajstić information content (AvgIpc) is 1.83. The molecule has 12 heavy (non-hydrogen) atoms. The second kappa shape index (κ2) is 3.39. The molecular weight excluding hydrogens is 170 g/mol. The van der Waals surface area contributed by atoms with Crippen molar-refractivity contribution in [2.24, 2.45) is 11.3 Å². The summed E-state index contributed by atoms with van der Waals surface area (Å²) in [5.41, 5.74) is 0.313. The van der Waals surface area contributed by atoms with E-state index in [0.29, 0.717) is 17.4 Å². The number of hydrogen-bond acceptors (Lipinski definition) is 1. The van der Waals surface area contributed by atoms with Crippen LogP contribution in [0.3, 0.4) is 0 Å². The Bertz CT molecular complexity index is 191. The standard InChI is InChI=1S/C10H18ClN/c1-7-5-8(11)6-12-9(7)10(2,3)4/h5,7,9,12H,6H2,1-4H3. The van der Waals surface area contributed by atoms with Gasteiger partial charge in [0.05, 0.1) is 0 Å². The maximum absolute atomic E-state index is 5.93. The second-order valence-electron chi connectivity index (χ2n) is 4.70. The molecule has 1 N–H and O–H groups in total. The van der Waals surface area contributed by atoms with E-state index in [9.17, 15) is 0 Å². The fraction of sp³-hybridized carbons (Fsp3) is 0.800. The molecule has 0 aromatic carbocycles. The normalized spacial score (nSPS) is 31.6. The van der Waals surface area contributed by atoms with Crippen molar-refractivity contribution in [3.05, 3.63) is 11.1 Å². The van der Waals surface area contributed by atoms with Crippen molar-refractivity contribution in [3.63, 3.8) is 0 Å². The molecule has 0 aliphatic carbocycles. The molecule has 0 fully saturated rings. The van der Waals surface area contributed by atoms with Gasteiger partial charge in [-0.15, -0.1) is 0 Å². The molecule has 0 saturated heterocycles. The van der Waals surface area contributed by atoms with Gasteiger partial charge in [-0.3, -0.25) is 0 Å². The Labute approximate surface area is 80.2 Å². The third kappa shape index (κ3) is 2.24. The molecule has 1 nitrogen and oxygen atoms in total. The molecule has 1 aliphatic heterocycles. The Morgan fingerprint density at radius 2 is 2.08 bits per heavy atom.